The van der Waals surface area contributed by atoms with Gasteiger partial charge in [0.2, 0.25) is 10.0 Å². The molecule has 7 heteroatoms. The molecule has 0 aliphatic rings. The minimum atomic E-state index is -3.60. The van der Waals surface area contributed by atoms with Gasteiger partial charge in [0.05, 0.1) is 17.5 Å². The van der Waals surface area contributed by atoms with Crippen LogP contribution in [0.15, 0.2) is 35.4 Å². The molecule has 0 fully saturated rings. The highest BCUT2D eigenvalue weighted by molar-refractivity contribution is 7.89. The molecule has 0 spiro atoms. The predicted octanol–water partition coefficient (Wildman–Crippen LogP) is 1.98. The molecule has 1 heterocycles. The van der Waals surface area contributed by atoms with Crippen LogP contribution in [0.5, 0.6) is 0 Å². The zero-order valence-electron chi connectivity index (χ0n) is 11.2. The highest BCUT2D eigenvalue weighted by atomic mass is 32.2. The fraction of sp³-hybridized carbons (Fsp3) is 0.308. The van der Waals surface area contributed by atoms with E-state index >= 15 is 0 Å². The second-order valence-electron chi connectivity index (χ2n) is 4.44. The highest BCUT2D eigenvalue weighted by Crippen LogP contribution is 2.18. The van der Waals surface area contributed by atoms with E-state index in [0.717, 1.165) is 9.88 Å². The lowest BCUT2D eigenvalue weighted by molar-refractivity contribution is 0.199. The molecule has 2 N–H and O–H groups in total. The second-order valence-corrected chi connectivity index (χ2v) is 7.52. The fourth-order valence-corrected chi connectivity index (χ4v) is 3.53. The lowest BCUT2D eigenvalue weighted by Gasteiger charge is -2.09. The van der Waals surface area contributed by atoms with Crippen molar-refractivity contribution in [3.05, 3.63) is 45.9 Å². The van der Waals surface area contributed by atoms with Crippen molar-refractivity contribution in [2.24, 2.45) is 0 Å². The average molecular weight is 312 g/mol. The summed E-state index contributed by atoms with van der Waals surface area (Å²) in [5.41, 5.74) is 0.568. The maximum absolute atomic E-state index is 12.2. The predicted molar refractivity (Wildman–Crippen MR) is 78.0 cm³/mol. The summed E-state index contributed by atoms with van der Waals surface area (Å²) in [6.07, 6.45) is 1.01. The molecule has 2 rings (SSSR count). The number of hydrogen-bond acceptors (Lipinski definition) is 5. The van der Waals surface area contributed by atoms with Gasteiger partial charge in [0.1, 0.15) is 5.01 Å². The summed E-state index contributed by atoms with van der Waals surface area (Å²) < 4.78 is 26.9. The first kappa shape index (κ1) is 15.1. The first-order valence-electron chi connectivity index (χ1n) is 6.07. The van der Waals surface area contributed by atoms with Gasteiger partial charge in [0.25, 0.3) is 0 Å². The molecule has 0 aliphatic carbocycles. The van der Waals surface area contributed by atoms with E-state index < -0.39 is 16.1 Å². The Labute approximate surface area is 122 Å². The Morgan fingerprint density at radius 3 is 2.80 bits per heavy atom. The lowest BCUT2D eigenvalue weighted by atomic mass is 10.1. The molecular formula is C13H16N2O3S2. The van der Waals surface area contributed by atoms with Gasteiger partial charge in [-0.1, -0.05) is 12.1 Å². The van der Waals surface area contributed by atoms with Crippen molar-refractivity contribution in [2.45, 2.75) is 31.4 Å². The van der Waals surface area contributed by atoms with E-state index in [0.29, 0.717) is 5.56 Å². The molecule has 1 aromatic heterocycles. The van der Waals surface area contributed by atoms with Crippen molar-refractivity contribution < 1.29 is 13.5 Å². The van der Waals surface area contributed by atoms with Gasteiger partial charge in [-0.15, -0.1) is 11.3 Å². The van der Waals surface area contributed by atoms with Crippen LogP contribution in [0.25, 0.3) is 0 Å². The van der Waals surface area contributed by atoms with E-state index in [9.17, 15) is 13.5 Å². The van der Waals surface area contributed by atoms with E-state index in [-0.39, 0.29) is 11.4 Å². The summed E-state index contributed by atoms with van der Waals surface area (Å²) in [5.74, 6) is 0. The number of benzene rings is 1. The number of aliphatic hydroxyl groups excluding tert-OH is 1. The average Bonchev–Trinajstić information content (AvgIpc) is 2.82. The van der Waals surface area contributed by atoms with E-state index in [1.807, 2.05) is 6.92 Å². The molecule has 0 amide bonds. The third kappa shape index (κ3) is 3.63. The van der Waals surface area contributed by atoms with Crippen LogP contribution < -0.4 is 4.72 Å². The van der Waals surface area contributed by atoms with Crippen molar-refractivity contribution in [3.8, 4) is 0 Å². The largest absolute Gasteiger partial charge is 0.389 e. The number of sulfonamides is 1. The smallest absolute Gasteiger partial charge is 0.240 e. The first-order chi connectivity index (χ1) is 9.38. The van der Waals surface area contributed by atoms with Crippen LogP contribution in [0.3, 0.4) is 0 Å². The first-order valence-corrected chi connectivity index (χ1v) is 8.37. The summed E-state index contributed by atoms with van der Waals surface area (Å²) in [4.78, 5) is 5.29. The number of aromatic nitrogens is 1. The Balaban J connectivity index is 2.15. The van der Waals surface area contributed by atoms with Crippen LogP contribution in [0.4, 0.5) is 0 Å². The third-order valence-electron chi connectivity index (χ3n) is 2.73. The van der Waals surface area contributed by atoms with Crippen LogP contribution in [0, 0.1) is 6.92 Å². The lowest BCUT2D eigenvalue weighted by Crippen LogP contribution is -2.23. The third-order valence-corrected chi connectivity index (χ3v) is 5.05. The monoisotopic (exact) mass is 312 g/mol. The SMILES string of the molecule is Cc1cnc(CNS(=O)(=O)c2cccc(C(C)O)c2)s1. The Bertz CT molecular complexity index is 693. The number of aryl methyl sites for hydroxylation is 1. The Morgan fingerprint density at radius 1 is 1.45 bits per heavy atom. The highest BCUT2D eigenvalue weighted by Gasteiger charge is 2.15. The number of hydrogen-bond donors (Lipinski definition) is 2. The van der Waals surface area contributed by atoms with Gasteiger partial charge < -0.3 is 5.11 Å². The van der Waals surface area contributed by atoms with Crippen LogP contribution in [0.2, 0.25) is 0 Å². The summed E-state index contributed by atoms with van der Waals surface area (Å²) in [7, 11) is -3.60. The van der Waals surface area contributed by atoms with Crippen LogP contribution in [0.1, 0.15) is 28.5 Å². The van der Waals surface area contributed by atoms with Gasteiger partial charge in [-0.25, -0.2) is 18.1 Å². The number of aliphatic hydroxyl groups is 1. The summed E-state index contributed by atoms with van der Waals surface area (Å²) in [6.45, 7) is 3.68. The van der Waals surface area contributed by atoms with Gasteiger partial charge >= 0.3 is 0 Å². The van der Waals surface area contributed by atoms with Crippen LogP contribution in [-0.4, -0.2) is 18.5 Å². The van der Waals surface area contributed by atoms with E-state index in [1.54, 1.807) is 25.3 Å². The zero-order chi connectivity index (χ0) is 14.8. The Kier molecular flexibility index (Phi) is 4.54. The van der Waals surface area contributed by atoms with Gasteiger partial charge in [0.15, 0.2) is 0 Å². The van der Waals surface area contributed by atoms with Crippen molar-refractivity contribution in [3.63, 3.8) is 0 Å². The minimum absolute atomic E-state index is 0.143. The number of nitrogens with one attached hydrogen (secondary N) is 1. The van der Waals surface area contributed by atoms with Crippen molar-refractivity contribution in [1.82, 2.24) is 9.71 Å². The standard InChI is InChI=1S/C13H16N2O3S2/c1-9-7-14-13(19-9)8-15-20(17,18)12-5-3-4-11(6-12)10(2)16/h3-7,10,15-16H,8H2,1-2H3. The van der Waals surface area contributed by atoms with Crippen molar-refractivity contribution in [2.75, 3.05) is 0 Å². The van der Waals surface area contributed by atoms with E-state index in [1.165, 1.54) is 23.5 Å². The molecule has 1 atom stereocenters. The molecular weight excluding hydrogens is 296 g/mol. The summed E-state index contributed by atoms with van der Waals surface area (Å²) in [5, 5.41) is 10.2. The molecule has 0 bridgehead atoms. The molecule has 108 valence electrons. The number of nitrogens with zero attached hydrogens (tertiary/aromatic N) is 1. The van der Waals surface area contributed by atoms with Crippen molar-refractivity contribution in [1.29, 1.82) is 0 Å². The second kappa shape index (κ2) is 6.01. The van der Waals surface area contributed by atoms with E-state index in [4.69, 9.17) is 0 Å². The van der Waals surface area contributed by atoms with Crippen molar-refractivity contribution >= 4 is 21.4 Å². The van der Waals surface area contributed by atoms with Crippen LogP contribution in [-0.2, 0) is 16.6 Å². The maximum Gasteiger partial charge on any atom is 0.240 e. The molecule has 0 aliphatic heterocycles. The Hall–Kier alpha value is -1.28. The topological polar surface area (TPSA) is 79.3 Å². The zero-order valence-corrected chi connectivity index (χ0v) is 12.8. The van der Waals surface area contributed by atoms with Gasteiger partial charge in [-0.3, -0.25) is 0 Å². The summed E-state index contributed by atoms with van der Waals surface area (Å²) >= 11 is 1.45. The Morgan fingerprint density at radius 2 is 2.20 bits per heavy atom. The fourth-order valence-electron chi connectivity index (χ4n) is 1.66. The van der Waals surface area contributed by atoms with Gasteiger partial charge in [-0.2, -0.15) is 0 Å². The molecule has 0 saturated heterocycles. The summed E-state index contributed by atoms with van der Waals surface area (Å²) in [6, 6.07) is 6.28. The van der Waals surface area contributed by atoms with Crippen LogP contribution >= 0.6 is 11.3 Å². The number of thiazole rings is 1. The molecule has 1 aromatic carbocycles. The molecule has 1 unspecified atom stereocenters. The minimum Gasteiger partial charge on any atom is -0.389 e. The maximum atomic E-state index is 12.2. The van der Waals surface area contributed by atoms with Gasteiger partial charge in [0, 0.05) is 11.1 Å². The van der Waals surface area contributed by atoms with Gasteiger partial charge in [-0.05, 0) is 31.5 Å². The quantitative estimate of drug-likeness (QED) is 0.885. The molecule has 0 saturated carbocycles. The molecule has 20 heavy (non-hydrogen) atoms. The molecule has 5 nitrogen and oxygen atoms in total. The normalized spacial score (nSPS) is 13.3. The number of rotatable bonds is 5. The van der Waals surface area contributed by atoms with E-state index in [2.05, 4.69) is 9.71 Å². The molecule has 2 aromatic rings. The molecule has 0 radical (unpaired) electrons.